The number of halogens is 1. The molecule has 0 aliphatic carbocycles. The lowest BCUT2D eigenvalue weighted by molar-refractivity contribution is 0.370. The Morgan fingerprint density at radius 1 is 1.56 bits per heavy atom. The zero-order chi connectivity index (χ0) is 13.2. The van der Waals surface area contributed by atoms with E-state index in [2.05, 4.69) is 57.1 Å². The van der Waals surface area contributed by atoms with Crippen LogP contribution >= 0.6 is 27.3 Å². The van der Waals surface area contributed by atoms with Crippen molar-refractivity contribution in [3.05, 3.63) is 20.8 Å². The highest BCUT2D eigenvalue weighted by atomic mass is 79.9. The van der Waals surface area contributed by atoms with Gasteiger partial charge in [0.25, 0.3) is 0 Å². The number of rotatable bonds is 2. The van der Waals surface area contributed by atoms with Crippen LogP contribution < -0.4 is 5.32 Å². The van der Waals surface area contributed by atoms with Crippen molar-refractivity contribution in [3.63, 3.8) is 0 Å². The fourth-order valence-electron chi connectivity index (χ4n) is 2.24. The molecule has 0 radical (unpaired) electrons. The number of nitrogens with zero attached hydrogens (tertiary/aromatic N) is 2. The molecule has 0 atom stereocenters. The second-order valence-electron chi connectivity index (χ2n) is 5.44. The molecule has 0 saturated carbocycles. The van der Waals surface area contributed by atoms with Gasteiger partial charge in [-0.2, -0.15) is 0 Å². The number of hydrogen-bond donors (Lipinski definition) is 1. The molecular formula is C13H20BrN3S. The highest BCUT2D eigenvalue weighted by Crippen LogP contribution is 2.28. The molecule has 1 saturated heterocycles. The van der Waals surface area contributed by atoms with E-state index >= 15 is 0 Å². The first-order valence-electron chi connectivity index (χ1n) is 6.20. The lowest BCUT2D eigenvalue weighted by Crippen LogP contribution is -2.40. The topological polar surface area (TPSA) is 27.6 Å². The smallest absolute Gasteiger partial charge is 0.193 e. The van der Waals surface area contributed by atoms with E-state index in [4.69, 9.17) is 0 Å². The van der Waals surface area contributed by atoms with Crippen molar-refractivity contribution in [2.75, 3.05) is 20.1 Å². The molecule has 0 bridgehead atoms. The summed E-state index contributed by atoms with van der Waals surface area (Å²) in [6.07, 6.45) is 1.23. The third-order valence-electron chi connectivity index (χ3n) is 3.24. The lowest BCUT2D eigenvalue weighted by atomic mass is 9.93. The molecule has 0 unspecified atom stereocenters. The normalized spacial score (nSPS) is 19.3. The largest absolute Gasteiger partial charge is 0.351 e. The maximum atomic E-state index is 4.38. The number of aliphatic imine (C=N–C) groups is 1. The molecule has 1 aliphatic heterocycles. The number of nitrogens with one attached hydrogen (secondary N) is 1. The Labute approximate surface area is 121 Å². The molecule has 1 aromatic rings. The molecule has 2 rings (SSSR count). The molecule has 1 aliphatic rings. The van der Waals surface area contributed by atoms with E-state index in [9.17, 15) is 0 Å². The van der Waals surface area contributed by atoms with Crippen LogP contribution in [-0.2, 0) is 6.54 Å². The zero-order valence-corrected chi connectivity index (χ0v) is 13.6. The molecule has 1 fully saturated rings. The van der Waals surface area contributed by atoms with Crippen LogP contribution in [0.1, 0.15) is 25.1 Å². The van der Waals surface area contributed by atoms with Gasteiger partial charge in [0.15, 0.2) is 5.96 Å². The number of thiophene rings is 1. The standard InChI is InChI=1S/C13H20BrN3S/c1-13(2)6-7-17(9-13)12(15-3)16-8-10-4-5-11(14)18-10/h4-5H,6-9H2,1-3H3,(H,15,16). The Morgan fingerprint density at radius 2 is 2.33 bits per heavy atom. The van der Waals surface area contributed by atoms with E-state index in [1.54, 1.807) is 11.3 Å². The summed E-state index contributed by atoms with van der Waals surface area (Å²) in [5.41, 5.74) is 0.406. The van der Waals surface area contributed by atoms with Crippen molar-refractivity contribution >= 4 is 33.2 Å². The van der Waals surface area contributed by atoms with Crippen LogP contribution in [0.5, 0.6) is 0 Å². The molecule has 0 amide bonds. The zero-order valence-electron chi connectivity index (χ0n) is 11.2. The molecule has 0 spiro atoms. The van der Waals surface area contributed by atoms with Crippen molar-refractivity contribution in [1.29, 1.82) is 0 Å². The van der Waals surface area contributed by atoms with Crippen molar-refractivity contribution in [3.8, 4) is 0 Å². The minimum atomic E-state index is 0.406. The van der Waals surface area contributed by atoms with Crippen molar-refractivity contribution in [2.45, 2.75) is 26.8 Å². The van der Waals surface area contributed by atoms with Gasteiger partial charge in [-0.3, -0.25) is 4.99 Å². The van der Waals surface area contributed by atoms with E-state index in [0.29, 0.717) is 5.41 Å². The van der Waals surface area contributed by atoms with Crippen molar-refractivity contribution in [2.24, 2.45) is 10.4 Å². The second kappa shape index (κ2) is 5.61. The minimum absolute atomic E-state index is 0.406. The summed E-state index contributed by atoms with van der Waals surface area (Å²) >= 11 is 5.25. The van der Waals surface area contributed by atoms with Crippen LogP contribution in [-0.4, -0.2) is 31.0 Å². The SMILES string of the molecule is CN=C(NCc1ccc(Br)s1)N1CCC(C)(C)C1. The minimum Gasteiger partial charge on any atom is -0.351 e. The Bertz CT molecular complexity index is 439. The third kappa shape index (κ3) is 3.48. The molecule has 100 valence electrons. The number of hydrogen-bond acceptors (Lipinski definition) is 2. The average Bonchev–Trinajstić information content (AvgIpc) is 2.86. The number of likely N-dealkylation sites (tertiary alicyclic amines) is 1. The van der Waals surface area contributed by atoms with Crippen molar-refractivity contribution < 1.29 is 0 Å². The predicted molar refractivity (Wildman–Crippen MR) is 82.2 cm³/mol. The first-order valence-corrected chi connectivity index (χ1v) is 7.81. The van der Waals surface area contributed by atoms with Gasteiger partial charge in [-0.1, -0.05) is 13.8 Å². The fourth-order valence-corrected chi connectivity index (χ4v) is 3.66. The van der Waals surface area contributed by atoms with E-state index in [-0.39, 0.29) is 0 Å². The van der Waals surface area contributed by atoms with E-state index in [0.717, 1.165) is 25.6 Å². The molecule has 3 nitrogen and oxygen atoms in total. The molecule has 1 aromatic heterocycles. The highest BCUT2D eigenvalue weighted by Gasteiger charge is 2.30. The molecule has 0 aromatic carbocycles. The highest BCUT2D eigenvalue weighted by molar-refractivity contribution is 9.11. The van der Waals surface area contributed by atoms with Gasteiger partial charge in [0.1, 0.15) is 0 Å². The Kier molecular flexibility index (Phi) is 4.33. The fraction of sp³-hybridized carbons (Fsp3) is 0.615. The molecule has 2 heterocycles. The summed E-state index contributed by atoms with van der Waals surface area (Å²) in [5.74, 6) is 1.02. The summed E-state index contributed by atoms with van der Waals surface area (Å²) in [5, 5.41) is 3.44. The maximum absolute atomic E-state index is 4.38. The van der Waals surface area contributed by atoms with E-state index < -0.39 is 0 Å². The van der Waals surface area contributed by atoms with Gasteiger partial charge in [0.2, 0.25) is 0 Å². The number of guanidine groups is 1. The van der Waals surface area contributed by atoms with Gasteiger partial charge in [-0.15, -0.1) is 11.3 Å². The summed E-state index contributed by atoms with van der Waals surface area (Å²) in [7, 11) is 1.86. The third-order valence-corrected chi connectivity index (χ3v) is 4.86. The van der Waals surface area contributed by atoms with Crippen LogP contribution in [0.15, 0.2) is 20.9 Å². The van der Waals surface area contributed by atoms with Gasteiger partial charge in [0.05, 0.1) is 10.3 Å². The first kappa shape index (κ1) is 13.9. The summed E-state index contributed by atoms with van der Waals surface area (Å²) in [6.45, 7) is 7.66. The Morgan fingerprint density at radius 3 is 2.83 bits per heavy atom. The van der Waals surface area contributed by atoms with Gasteiger partial charge in [0, 0.05) is 25.0 Å². The summed E-state index contributed by atoms with van der Waals surface area (Å²) in [4.78, 5) is 8.05. The first-order chi connectivity index (χ1) is 8.50. The van der Waals surface area contributed by atoms with Crippen LogP contribution in [0.3, 0.4) is 0 Å². The van der Waals surface area contributed by atoms with Crippen LogP contribution in [0.4, 0.5) is 0 Å². The van der Waals surface area contributed by atoms with Crippen LogP contribution in [0.25, 0.3) is 0 Å². The quantitative estimate of drug-likeness (QED) is 0.665. The monoisotopic (exact) mass is 329 g/mol. The van der Waals surface area contributed by atoms with Crippen LogP contribution in [0.2, 0.25) is 0 Å². The predicted octanol–water partition coefficient (Wildman–Crippen LogP) is 3.32. The Hall–Kier alpha value is -0.550. The summed E-state index contributed by atoms with van der Waals surface area (Å²) < 4.78 is 1.18. The van der Waals surface area contributed by atoms with Gasteiger partial charge in [-0.25, -0.2) is 0 Å². The maximum Gasteiger partial charge on any atom is 0.193 e. The van der Waals surface area contributed by atoms with Gasteiger partial charge >= 0.3 is 0 Å². The van der Waals surface area contributed by atoms with Crippen LogP contribution in [0, 0.1) is 5.41 Å². The van der Waals surface area contributed by atoms with Gasteiger partial charge < -0.3 is 10.2 Å². The lowest BCUT2D eigenvalue weighted by Gasteiger charge is -2.23. The Balaban J connectivity index is 1.91. The second-order valence-corrected chi connectivity index (χ2v) is 7.99. The van der Waals surface area contributed by atoms with Crippen molar-refractivity contribution in [1.82, 2.24) is 10.2 Å². The van der Waals surface area contributed by atoms with E-state index in [1.165, 1.54) is 15.1 Å². The molecule has 1 N–H and O–H groups in total. The molecular weight excluding hydrogens is 310 g/mol. The average molecular weight is 330 g/mol. The molecule has 18 heavy (non-hydrogen) atoms. The van der Waals surface area contributed by atoms with E-state index in [1.807, 2.05) is 7.05 Å². The molecule has 5 heteroatoms. The van der Waals surface area contributed by atoms with Gasteiger partial charge in [-0.05, 0) is 39.9 Å². The summed E-state index contributed by atoms with van der Waals surface area (Å²) in [6, 6.07) is 4.23.